The van der Waals surface area contributed by atoms with Gasteiger partial charge in [-0.25, -0.2) is 4.79 Å². The lowest BCUT2D eigenvalue weighted by Gasteiger charge is -2.26. The fraction of sp³-hybridized carbons (Fsp3) is 0.389. The number of carbonyl (C=O) groups excluding carboxylic acids is 1. The summed E-state index contributed by atoms with van der Waals surface area (Å²) in [5.74, 6) is 0. The lowest BCUT2D eigenvalue weighted by Crippen LogP contribution is -2.35. The van der Waals surface area contributed by atoms with Crippen LogP contribution in [0.25, 0.3) is 16.3 Å². The summed E-state index contributed by atoms with van der Waals surface area (Å²) in [7, 11) is 3.48. The Labute approximate surface area is 321 Å². The summed E-state index contributed by atoms with van der Waals surface area (Å²) in [6.45, 7) is 8.00. The lowest BCUT2D eigenvalue weighted by molar-refractivity contribution is -0.777. The molecule has 1 amide bonds. The highest BCUT2D eigenvalue weighted by Crippen LogP contribution is 2.47. The van der Waals surface area contributed by atoms with Crippen molar-refractivity contribution in [3.8, 4) is 0 Å². The van der Waals surface area contributed by atoms with Crippen LogP contribution in [0.3, 0.4) is 0 Å². The normalized spacial score (nSPS) is 16.4. The fourth-order valence-electron chi connectivity index (χ4n) is 5.80. The van der Waals surface area contributed by atoms with Crippen molar-refractivity contribution < 1.29 is 37.6 Å². The molecule has 2 aromatic carbocycles. The molecule has 0 spiro atoms. The predicted octanol–water partition coefficient (Wildman–Crippen LogP) is 9.03. The number of thiazole rings is 1. The van der Waals surface area contributed by atoms with Gasteiger partial charge in [-0.2, -0.15) is 4.57 Å². The number of aromatic nitrogens is 1. The Morgan fingerprint density at radius 2 is 1.86 bits per heavy atom. The minimum atomic E-state index is -0.650. The molecule has 10 nitrogen and oxygen atoms in total. The molecule has 1 aliphatic carbocycles. The fourth-order valence-corrected chi connectivity index (χ4v) is 8.53. The van der Waals surface area contributed by atoms with Crippen LogP contribution in [0.2, 0.25) is 10.0 Å². The van der Waals surface area contributed by atoms with Crippen LogP contribution in [-0.4, -0.2) is 50.5 Å². The molecule has 5 rings (SSSR count). The summed E-state index contributed by atoms with van der Waals surface area (Å²) in [4.78, 5) is 18.5. The first kappa shape index (κ1) is 39.6. The van der Waals surface area contributed by atoms with Gasteiger partial charge in [-0.1, -0.05) is 52.4 Å². The number of carbonyl (C=O) groups is 1. The Balaban J connectivity index is 1.49. The highest BCUT2D eigenvalue weighted by Gasteiger charge is 2.30. The van der Waals surface area contributed by atoms with Gasteiger partial charge in [0, 0.05) is 60.8 Å². The Kier molecular flexibility index (Phi) is 14.4. The minimum Gasteiger partial charge on any atom is -0.691 e. The summed E-state index contributed by atoms with van der Waals surface area (Å²) in [5.41, 5.74) is 4.33. The molecule has 1 aliphatic heterocycles. The van der Waals surface area contributed by atoms with Crippen molar-refractivity contribution in [3.63, 3.8) is 0 Å². The molecular weight excluding hydrogens is 754 g/mol. The number of ether oxygens (including phenoxy) is 2. The van der Waals surface area contributed by atoms with Crippen molar-refractivity contribution in [2.75, 3.05) is 38.8 Å². The van der Waals surface area contributed by atoms with Gasteiger partial charge in [-0.15, -0.1) is 4.33 Å². The van der Waals surface area contributed by atoms with Crippen molar-refractivity contribution in [1.29, 1.82) is 0 Å². The summed E-state index contributed by atoms with van der Waals surface area (Å²) in [5, 5.41) is 16.8. The molecule has 274 valence electrons. The van der Waals surface area contributed by atoms with Crippen molar-refractivity contribution in [1.82, 2.24) is 4.90 Å². The highest BCUT2D eigenvalue weighted by molar-refractivity contribution is 8.03. The SMILES string of the molecule is COCCCN1/C(=C/C=C2\CCC(/C=C/c3sc4ccc(Cl)cc4[n+]3CCCOSOO[O-])=C2N(C)C(=O)OC(C)(C)C)Sc2ccc(Cl)cc21. The lowest BCUT2D eigenvalue weighted by atomic mass is 10.1. The van der Waals surface area contributed by atoms with E-state index in [0.717, 1.165) is 73.5 Å². The van der Waals surface area contributed by atoms with E-state index in [2.05, 4.69) is 49.2 Å². The molecule has 0 saturated carbocycles. The van der Waals surface area contributed by atoms with E-state index in [1.54, 1.807) is 42.2 Å². The van der Waals surface area contributed by atoms with Crippen molar-refractivity contribution in [3.05, 3.63) is 91.6 Å². The van der Waals surface area contributed by atoms with Crippen LogP contribution < -0.4 is 14.7 Å². The number of anilines is 1. The van der Waals surface area contributed by atoms with Gasteiger partial charge < -0.3 is 19.6 Å². The van der Waals surface area contributed by atoms with Crippen molar-refractivity contribution >= 4 is 86.7 Å². The van der Waals surface area contributed by atoms with Crippen LogP contribution in [0.5, 0.6) is 0 Å². The number of thioether (sulfide) groups is 1. The van der Waals surface area contributed by atoms with E-state index < -0.39 is 11.7 Å². The summed E-state index contributed by atoms with van der Waals surface area (Å²) in [6, 6.07) is 11.8. The second-order valence-electron chi connectivity index (χ2n) is 12.7. The molecule has 0 bridgehead atoms. The molecular formula is C36H41Cl2N3O7S3. The van der Waals surface area contributed by atoms with Crippen LogP contribution >= 0.6 is 58.6 Å². The molecule has 0 unspecified atom stereocenters. The quantitative estimate of drug-likeness (QED) is 0.0488. The summed E-state index contributed by atoms with van der Waals surface area (Å²) < 4.78 is 23.9. The number of hydrogen-bond acceptors (Lipinski definition) is 11. The molecule has 3 aromatic rings. The molecule has 2 heterocycles. The third-order valence-corrected chi connectivity index (χ3v) is 11.1. The number of aryl methyl sites for hydroxylation is 1. The zero-order valence-corrected chi connectivity index (χ0v) is 33.1. The van der Waals surface area contributed by atoms with Crippen LogP contribution in [0.15, 0.2) is 81.4 Å². The number of fused-ring (bicyclic) bond motifs is 2. The average molecular weight is 795 g/mol. The maximum atomic E-state index is 13.5. The number of nitrogens with zero attached hydrogens (tertiary/aromatic N) is 3. The maximum absolute atomic E-state index is 13.5. The maximum Gasteiger partial charge on any atom is 0.414 e. The average Bonchev–Trinajstić information content (AvgIpc) is 3.76. The largest absolute Gasteiger partial charge is 0.691 e. The first-order valence-electron chi connectivity index (χ1n) is 16.4. The molecule has 0 fully saturated rings. The van der Waals surface area contributed by atoms with Gasteiger partial charge in [0.05, 0.1) is 23.0 Å². The topological polar surface area (TPSA) is 96.6 Å². The highest BCUT2D eigenvalue weighted by atomic mass is 35.5. The van der Waals surface area contributed by atoms with E-state index in [-0.39, 0.29) is 0 Å². The Hall–Kier alpha value is -2.56. The van der Waals surface area contributed by atoms with E-state index >= 15 is 0 Å². The third-order valence-electron chi connectivity index (χ3n) is 7.96. The predicted molar refractivity (Wildman–Crippen MR) is 204 cm³/mol. The monoisotopic (exact) mass is 793 g/mol. The molecule has 0 saturated heterocycles. The number of allylic oxidation sites excluding steroid dienone is 5. The first-order chi connectivity index (χ1) is 24.5. The summed E-state index contributed by atoms with van der Waals surface area (Å²) >= 11 is 16.7. The molecule has 0 atom stereocenters. The van der Waals surface area contributed by atoms with Gasteiger partial charge in [0.15, 0.2) is 18.9 Å². The summed E-state index contributed by atoms with van der Waals surface area (Å²) in [6.07, 6.45) is 11.0. The molecule has 1 aromatic heterocycles. The Morgan fingerprint density at radius 1 is 1.08 bits per heavy atom. The minimum absolute atomic E-state index is 0.335. The first-order valence-corrected chi connectivity index (χ1v) is 19.4. The Morgan fingerprint density at radius 3 is 2.63 bits per heavy atom. The smallest absolute Gasteiger partial charge is 0.414 e. The van der Waals surface area contributed by atoms with Crippen LogP contribution in [0, 0.1) is 0 Å². The van der Waals surface area contributed by atoms with Gasteiger partial charge in [-0.3, -0.25) is 14.1 Å². The second-order valence-corrected chi connectivity index (χ2v) is 16.2. The van der Waals surface area contributed by atoms with Crippen LogP contribution in [0.1, 0.15) is 51.5 Å². The molecule has 2 aliphatic rings. The number of likely N-dealkylation sites (N-methyl/N-ethyl adjacent to an activating group) is 1. The Bertz CT molecular complexity index is 1840. The molecule has 15 heteroatoms. The zero-order chi connectivity index (χ0) is 36.5. The molecule has 0 radical (unpaired) electrons. The molecule has 0 N–H and O–H groups in total. The van der Waals surface area contributed by atoms with E-state index in [4.69, 9.17) is 36.9 Å². The van der Waals surface area contributed by atoms with Gasteiger partial charge in [0.25, 0.3) is 5.01 Å². The van der Waals surface area contributed by atoms with Crippen molar-refractivity contribution in [2.45, 2.75) is 63.5 Å². The second kappa shape index (κ2) is 18.5. The zero-order valence-electron chi connectivity index (χ0n) is 29.1. The van der Waals surface area contributed by atoms with E-state index in [1.807, 2.05) is 51.1 Å². The van der Waals surface area contributed by atoms with E-state index in [9.17, 15) is 10.1 Å². The van der Waals surface area contributed by atoms with Crippen molar-refractivity contribution in [2.24, 2.45) is 0 Å². The molecule has 51 heavy (non-hydrogen) atoms. The third kappa shape index (κ3) is 10.5. The van der Waals surface area contributed by atoms with Gasteiger partial charge in [0.1, 0.15) is 10.3 Å². The number of benzene rings is 2. The van der Waals surface area contributed by atoms with Crippen LogP contribution in [0.4, 0.5) is 10.5 Å². The number of amides is 1. The van der Waals surface area contributed by atoms with Gasteiger partial charge in [0.2, 0.25) is 5.52 Å². The van der Waals surface area contributed by atoms with Crippen LogP contribution in [-0.2, 0) is 29.6 Å². The van der Waals surface area contributed by atoms with E-state index in [1.165, 1.54) is 0 Å². The standard InChI is InChI=1S/C36H41Cl2N3O7S3/c1-36(2,3)46-35(42)39(4)34-24(10-16-32-40(18-6-20-44-5)28-22-26(37)12-14-30(28)49-32)8-9-25(34)11-17-33-41(19-7-21-45-51-48-47-43)29-23-27(38)13-15-31(29)50-33/h10-17,22-23H,6-9,18-21H2,1-5H3. The number of halogens is 2. The van der Waals surface area contributed by atoms with Gasteiger partial charge >= 0.3 is 6.09 Å². The van der Waals surface area contributed by atoms with E-state index in [0.29, 0.717) is 48.5 Å². The number of methoxy groups -OCH3 is 1. The number of hydrogen-bond donors (Lipinski definition) is 0. The van der Waals surface area contributed by atoms with Gasteiger partial charge in [-0.05, 0) is 93.7 Å². The number of rotatable bonds is 15.